The molecule has 1 aromatic rings. The summed E-state index contributed by atoms with van der Waals surface area (Å²) in [6.07, 6.45) is 1.94. The number of nitrogens with zero attached hydrogens (tertiary/aromatic N) is 1. The molecule has 1 saturated carbocycles. The van der Waals surface area contributed by atoms with Crippen LogP contribution in [-0.2, 0) is 19.2 Å². The summed E-state index contributed by atoms with van der Waals surface area (Å²) in [5.74, 6) is -0.0272. The van der Waals surface area contributed by atoms with Gasteiger partial charge in [-0.2, -0.15) is 0 Å². The molecule has 0 radical (unpaired) electrons. The second-order valence-electron chi connectivity index (χ2n) is 7.65. The van der Waals surface area contributed by atoms with Crippen molar-refractivity contribution in [1.82, 2.24) is 5.06 Å². The highest BCUT2D eigenvalue weighted by Crippen LogP contribution is 2.53. The molecule has 1 heterocycles. The SMILES string of the molecule is COC(=O)[C@H]1C[C@H]2[C@H](CCC(=O)N2OC)[C@H]1[Si](C)(C)c1ccccc1. The number of hydrogen-bond acceptors (Lipinski definition) is 4. The number of hydroxylamine groups is 2. The van der Waals surface area contributed by atoms with Gasteiger partial charge in [0.25, 0.3) is 0 Å². The summed E-state index contributed by atoms with van der Waals surface area (Å²) in [6, 6.07) is 10.5. The number of amides is 1. The fourth-order valence-corrected chi connectivity index (χ4v) is 9.25. The van der Waals surface area contributed by atoms with Crippen molar-refractivity contribution in [2.75, 3.05) is 14.2 Å². The molecule has 136 valence electrons. The van der Waals surface area contributed by atoms with Gasteiger partial charge in [0.15, 0.2) is 0 Å². The molecule has 4 atom stereocenters. The minimum absolute atomic E-state index is 0.0206. The summed E-state index contributed by atoms with van der Waals surface area (Å²) in [7, 11) is 1.04. The lowest BCUT2D eigenvalue weighted by molar-refractivity contribution is -0.199. The predicted octanol–water partition coefficient (Wildman–Crippen LogP) is 2.33. The number of carbonyl (C=O) groups excluding carboxylic acids is 2. The minimum atomic E-state index is -1.96. The maximum absolute atomic E-state index is 12.6. The van der Waals surface area contributed by atoms with Crippen LogP contribution in [0.4, 0.5) is 0 Å². The highest BCUT2D eigenvalue weighted by atomic mass is 28.3. The minimum Gasteiger partial charge on any atom is -0.469 e. The van der Waals surface area contributed by atoms with E-state index in [9.17, 15) is 9.59 Å². The Morgan fingerprint density at radius 1 is 1.20 bits per heavy atom. The van der Waals surface area contributed by atoms with Crippen molar-refractivity contribution in [3.8, 4) is 0 Å². The third kappa shape index (κ3) is 3.02. The zero-order valence-electron chi connectivity index (χ0n) is 15.4. The summed E-state index contributed by atoms with van der Waals surface area (Å²) in [5.41, 5.74) is 0.234. The van der Waals surface area contributed by atoms with Gasteiger partial charge in [-0.3, -0.25) is 14.4 Å². The first-order chi connectivity index (χ1) is 11.9. The molecular formula is C19H27NO4Si. The molecule has 0 aromatic heterocycles. The van der Waals surface area contributed by atoms with Crippen LogP contribution in [0, 0.1) is 11.8 Å². The van der Waals surface area contributed by atoms with E-state index >= 15 is 0 Å². The third-order valence-electron chi connectivity index (χ3n) is 6.17. The Labute approximate surface area is 150 Å². The lowest BCUT2D eigenvalue weighted by Gasteiger charge is -2.41. The molecule has 1 aliphatic heterocycles. The average molecular weight is 362 g/mol. The maximum Gasteiger partial charge on any atom is 0.308 e. The van der Waals surface area contributed by atoms with Crippen molar-refractivity contribution in [2.24, 2.45) is 11.8 Å². The largest absolute Gasteiger partial charge is 0.469 e. The topological polar surface area (TPSA) is 55.8 Å². The molecule has 25 heavy (non-hydrogen) atoms. The fourth-order valence-electron chi connectivity index (χ4n) is 5.08. The van der Waals surface area contributed by atoms with E-state index in [0.717, 1.165) is 6.42 Å². The smallest absolute Gasteiger partial charge is 0.308 e. The Kier molecular flexibility index (Phi) is 5.02. The number of esters is 1. The third-order valence-corrected chi connectivity index (χ3v) is 10.5. The first-order valence-electron chi connectivity index (χ1n) is 8.91. The second kappa shape index (κ2) is 6.92. The van der Waals surface area contributed by atoms with E-state index in [1.165, 1.54) is 17.4 Å². The van der Waals surface area contributed by atoms with Gasteiger partial charge in [0.1, 0.15) is 0 Å². The van der Waals surface area contributed by atoms with Gasteiger partial charge >= 0.3 is 5.97 Å². The van der Waals surface area contributed by atoms with Crippen molar-refractivity contribution >= 4 is 25.1 Å². The molecule has 0 N–H and O–H groups in total. The van der Waals surface area contributed by atoms with E-state index < -0.39 is 8.07 Å². The Morgan fingerprint density at radius 3 is 2.48 bits per heavy atom. The summed E-state index contributed by atoms with van der Waals surface area (Å²) in [4.78, 5) is 30.2. The highest BCUT2D eigenvalue weighted by Gasteiger charge is 2.57. The van der Waals surface area contributed by atoms with E-state index in [0.29, 0.717) is 12.8 Å². The highest BCUT2D eigenvalue weighted by molar-refractivity contribution is 6.91. The van der Waals surface area contributed by atoms with Gasteiger partial charge in [-0.25, -0.2) is 5.06 Å². The number of methoxy groups -OCH3 is 1. The molecule has 3 rings (SSSR count). The van der Waals surface area contributed by atoms with E-state index in [-0.39, 0.29) is 35.3 Å². The number of rotatable bonds is 4. The average Bonchev–Trinajstić information content (AvgIpc) is 3.02. The number of fused-ring (bicyclic) bond motifs is 1. The Bertz CT molecular complexity index is 648. The van der Waals surface area contributed by atoms with Crippen LogP contribution in [0.3, 0.4) is 0 Å². The maximum atomic E-state index is 12.6. The second-order valence-corrected chi connectivity index (χ2v) is 12.3. The molecule has 2 aliphatic rings. The lowest BCUT2D eigenvalue weighted by atomic mass is 9.92. The molecule has 1 saturated heterocycles. The van der Waals surface area contributed by atoms with E-state index in [1.807, 2.05) is 6.07 Å². The number of ether oxygens (including phenoxy) is 1. The van der Waals surface area contributed by atoms with Crippen LogP contribution < -0.4 is 5.19 Å². The quantitative estimate of drug-likeness (QED) is 0.610. The lowest BCUT2D eigenvalue weighted by Crippen LogP contribution is -2.53. The van der Waals surface area contributed by atoms with Crippen LogP contribution >= 0.6 is 0 Å². The van der Waals surface area contributed by atoms with Gasteiger partial charge in [0.2, 0.25) is 5.91 Å². The van der Waals surface area contributed by atoms with Gasteiger partial charge in [-0.05, 0) is 24.3 Å². The van der Waals surface area contributed by atoms with Crippen LogP contribution in [0.25, 0.3) is 0 Å². The number of hydrogen-bond donors (Lipinski definition) is 0. The molecule has 5 nitrogen and oxygen atoms in total. The number of piperidine rings is 1. The predicted molar refractivity (Wildman–Crippen MR) is 97.8 cm³/mol. The van der Waals surface area contributed by atoms with Crippen molar-refractivity contribution in [3.63, 3.8) is 0 Å². The number of benzene rings is 1. The van der Waals surface area contributed by atoms with Crippen LogP contribution in [0.5, 0.6) is 0 Å². The van der Waals surface area contributed by atoms with Crippen LogP contribution in [0.1, 0.15) is 19.3 Å². The summed E-state index contributed by atoms with van der Waals surface area (Å²) >= 11 is 0. The zero-order valence-corrected chi connectivity index (χ0v) is 16.4. The van der Waals surface area contributed by atoms with Gasteiger partial charge in [0.05, 0.1) is 34.3 Å². The van der Waals surface area contributed by atoms with E-state index in [4.69, 9.17) is 9.57 Å². The number of carbonyl (C=O) groups is 2. The van der Waals surface area contributed by atoms with Crippen molar-refractivity contribution in [1.29, 1.82) is 0 Å². The monoisotopic (exact) mass is 361 g/mol. The standard InChI is InChI=1S/C19H27NO4Si/c1-23-19(22)15-12-16-14(10-11-17(21)20(16)24-2)18(15)25(3,4)13-8-6-5-7-9-13/h5-9,14-16,18H,10-12H2,1-4H3/t14-,15-,16-,18+/m0/s1. The first kappa shape index (κ1) is 18.1. The van der Waals surface area contributed by atoms with E-state index in [1.54, 1.807) is 7.11 Å². The molecular weight excluding hydrogens is 334 g/mol. The molecule has 6 heteroatoms. The van der Waals surface area contributed by atoms with Gasteiger partial charge in [0, 0.05) is 6.42 Å². The van der Waals surface area contributed by atoms with Gasteiger partial charge in [-0.1, -0.05) is 48.6 Å². The summed E-state index contributed by atoms with van der Waals surface area (Å²) in [6.45, 7) is 4.66. The Hall–Kier alpha value is -1.66. The zero-order chi connectivity index (χ0) is 18.2. The molecule has 2 fully saturated rings. The molecule has 1 aliphatic carbocycles. The van der Waals surface area contributed by atoms with Crippen molar-refractivity contribution in [2.45, 2.75) is 43.9 Å². The first-order valence-corrected chi connectivity index (χ1v) is 12.0. The molecule has 1 amide bonds. The molecule has 0 spiro atoms. The normalized spacial score (nSPS) is 29.4. The van der Waals surface area contributed by atoms with E-state index in [2.05, 4.69) is 37.4 Å². The Morgan fingerprint density at radius 2 is 1.88 bits per heavy atom. The van der Waals surface area contributed by atoms with Crippen molar-refractivity contribution in [3.05, 3.63) is 30.3 Å². The van der Waals surface area contributed by atoms with Crippen LogP contribution in [-0.4, -0.2) is 45.3 Å². The molecule has 0 unspecified atom stereocenters. The molecule has 1 aromatic carbocycles. The summed E-state index contributed by atoms with van der Waals surface area (Å²) < 4.78 is 5.14. The van der Waals surface area contributed by atoms with Gasteiger partial charge in [-0.15, -0.1) is 0 Å². The van der Waals surface area contributed by atoms with Crippen molar-refractivity contribution < 1.29 is 19.2 Å². The fraction of sp³-hybridized carbons (Fsp3) is 0.579. The van der Waals surface area contributed by atoms with Crippen LogP contribution in [0.2, 0.25) is 18.6 Å². The molecule has 0 bridgehead atoms. The van der Waals surface area contributed by atoms with Crippen LogP contribution in [0.15, 0.2) is 30.3 Å². The summed E-state index contributed by atoms with van der Waals surface area (Å²) in [5, 5.41) is 2.86. The van der Waals surface area contributed by atoms with Gasteiger partial charge < -0.3 is 4.74 Å². The Balaban J connectivity index is 2.02.